The van der Waals surface area contributed by atoms with Gasteiger partial charge in [-0.1, -0.05) is 97.1 Å². The summed E-state index contributed by atoms with van der Waals surface area (Å²) in [5.74, 6) is -5.04. The third kappa shape index (κ3) is 28.5. The van der Waals surface area contributed by atoms with Crippen molar-refractivity contribution >= 4 is 150 Å². The number of phenols is 4. The first-order valence-electron chi connectivity index (χ1n) is 44.9. The summed E-state index contributed by atoms with van der Waals surface area (Å²) in [5, 5.41) is 97.6. The minimum atomic E-state index is -3.79. The van der Waals surface area contributed by atoms with E-state index in [1.807, 2.05) is 238 Å². The number of alkyl halides is 1. The topological polar surface area (TPSA) is 576 Å². The average Bonchev–Trinajstić information content (AvgIpc) is 1.72. The molecule has 760 valence electrons. The first-order chi connectivity index (χ1) is 70.1. The number of barbiturate groups is 1. The Labute approximate surface area is 849 Å². The Balaban J connectivity index is 0.000000170. The molecule has 8 amide bonds. The summed E-state index contributed by atoms with van der Waals surface area (Å²) in [6.45, 7) is 5.70. The normalized spacial score (nSPS) is 13.0. The first-order valence-corrected chi connectivity index (χ1v) is 47.0. The second kappa shape index (κ2) is 50.5. The quantitative estimate of drug-likeness (QED) is 0.00806. The number of rotatable bonds is 21. The number of methoxy groups -OCH3 is 1. The molecule has 3 aliphatic heterocycles. The Morgan fingerprint density at radius 2 is 0.667 bits per heavy atom. The van der Waals surface area contributed by atoms with Crippen LogP contribution in [0.4, 0.5) is 21.9 Å². The van der Waals surface area contributed by atoms with E-state index in [1.165, 1.54) is 37.0 Å². The molecule has 18 rings (SSSR count). The number of aromatic nitrogens is 12. The number of imide groups is 4. The van der Waals surface area contributed by atoms with Gasteiger partial charge in [-0.25, -0.2) is 4.79 Å². The van der Waals surface area contributed by atoms with E-state index in [1.54, 1.807) is 67.8 Å². The van der Waals surface area contributed by atoms with E-state index in [4.69, 9.17) is 38.0 Å². The Kier molecular flexibility index (Phi) is 37.7. The summed E-state index contributed by atoms with van der Waals surface area (Å²) in [4.78, 5) is 147. The fraction of sp³-hybridized carbons (Fsp3) is 0.214. The van der Waals surface area contributed by atoms with Crippen LogP contribution < -0.4 is 36.2 Å². The number of aryl methyl sites for hydroxylation is 4. The number of aliphatic hydroxyl groups excluding tert-OH is 2. The maximum atomic E-state index is 13.3. The van der Waals surface area contributed by atoms with E-state index in [0.717, 1.165) is 65.1 Å². The van der Waals surface area contributed by atoms with E-state index in [2.05, 4.69) is 62.5 Å². The molecule has 147 heavy (non-hydrogen) atoms. The summed E-state index contributed by atoms with van der Waals surface area (Å²) < 4.78 is 30.7. The standard InChI is InChI=1S/C27H24N6O4.2C19H16N4O4.C14H12ClN3O.C14H17NO4.C9H13NO.CH6N2.Cr.3O/c1-16-12-18(24(34)23(13-16)33-29-21-6-4-5-7-22(21)30-33)15-32-26(36)20(25(35)28-27(32)37)14-17-8-10-19(11-9-17)31(2)3;2*1-11-6-12(10-22-17(25)8-13(24)9-18(22)26)19(27)16(7-11)23-20-14-4-2-3-5-15(14)21-23;1-9-6-10(8-15)14(19)13(7-9)18-16-11-4-2-3-5-12(11)17-18;1-15(2)11-5-3-10(4-6-11)7-12(13(18)8-16)14(19)9-17;1-10(2)8-4-6-9(11-3)7-5-8;2-1-3;;;;/h4-14,34H,15H2,1-3H3,(H,28,35,37);2*2-7,27H,8-10H2,1H3;2-7,19H,8H2,1H3;3-7,16-17H,8-9H2,1-2H3;4-7H,1-3H3;1-3H2;;;;/b20-14+;;;;;;;;;;. The van der Waals surface area contributed by atoms with Crippen molar-refractivity contribution in [3.8, 4) is 51.5 Å². The van der Waals surface area contributed by atoms with Crippen molar-refractivity contribution in [2.45, 2.75) is 78.9 Å². The van der Waals surface area contributed by atoms with Crippen LogP contribution in [-0.2, 0) is 98.8 Å². The third-order valence-corrected chi connectivity index (χ3v) is 22.4. The molecular weight excluding hydrogens is 1950 g/mol. The minimum absolute atomic E-state index is 0.105. The van der Waals surface area contributed by atoms with Crippen molar-refractivity contribution in [2.75, 3.05) is 84.0 Å². The van der Waals surface area contributed by atoms with Gasteiger partial charge in [0.1, 0.15) is 114 Å². The number of nitrogens with two attached hydrogens (primary N) is 2. The molecule has 0 aliphatic carbocycles. The van der Waals surface area contributed by atoms with Gasteiger partial charge in [-0.2, -0.15) is 0 Å². The summed E-state index contributed by atoms with van der Waals surface area (Å²) in [6.07, 6.45) is 1.64. The van der Waals surface area contributed by atoms with E-state index < -0.39 is 80.2 Å². The van der Waals surface area contributed by atoms with Crippen LogP contribution >= 0.6 is 11.6 Å². The van der Waals surface area contributed by atoms with Crippen LogP contribution in [0.3, 0.4) is 0 Å². The molecule has 15 aromatic rings. The Bertz CT molecular complexity index is 7310. The van der Waals surface area contributed by atoms with Crippen molar-refractivity contribution in [1.82, 2.24) is 80.0 Å². The number of aromatic hydroxyl groups is 4. The molecule has 0 radical (unpaired) electrons. The number of carbonyl (C=O) groups is 11. The molecule has 4 aromatic heterocycles. The van der Waals surface area contributed by atoms with Crippen LogP contribution in [0.5, 0.6) is 28.7 Å². The number of nitrogens with one attached hydrogen (secondary N) is 1. The van der Waals surface area contributed by atoms with Crippen molar-refractivity contribution in [3.63, 3.8) is 0 Å². The van der Waals surface area contributed by atoms with Crippen LogP contribution in [0, 0.1) is 27.7 Å². The zero-order valence-electron chi connectivity index (χ0n) is 81.5. The number of benzene rings is 11. The second-order valence-electron chi connectivity index (χ2n) is 33.7. The van der Waals surface area contributed by atoms with Crippen molar-refractivity contribution in [3.05, 3.63) is 285 Å². The number of nitrogens with zero attached hydrogens (tertiary/aromatic N) is 18. The maximum absolute atomic E-state index is 13.3. The molecule has 0 saturated carbocycles. The summed E-state index contributed by atoms with van der Waals surface area (Å²) in [6, 6.07) is 65.0. The van der Waals surface area contributed by atoms with Crippen LogP contribution in [0.1, 0.15) is 81.3 Å². The molecule has 0 unspecified atom stereocenters. The van der Waals surface area contributed by atoms with E-state index in [-0.39, 0.29) is 104 Å². The van der Waals surface area contributed by atoms with Crippen LogP contribution in [0.2, 0.25) is 0 Å². The molecule has 11 N–H and O–H groups in total. The van der Waals surface area contributed by atoms with Gasteiger partial charge in [0.05, 0.1) is 63.9 Å². The molecule has 0 bridgehead atoms. The van der Waals surface area contributed by atoms with Gasteiger partial charge in [-0.15, -0.1) is 71.6 Å². The molecule has 0 atom stereocenters. The second-order valence-corrected chi connectivity index (χ2v) is 34.6. The summed E-state index contributed by atoms with van der Waals surface area (Å²) >= 11 is 2.04. The number of carbonyl (C=O) groups excluding carboxylic acids is 11. The molecule has 3 fully saturated rings. The van der Waals surface area contributed by atoms with Gasteiger partial charge < -0.3 is 61.5 Å². The Morgan fingerprint density at radius 1 is 0.408 bits per heavy atom. The molecule has 44 heteroatoms. The third-order valence-electron chi connectivity index (χ3n) is 22.1. The van der Waals surface area contributed by atoms with E-state index in [9.17, 15) is 73.2 Å². The fourth-order valence-electron chi connectivity index (χ4n) is 14.9. The summed E-state index contributed by atoms with van der Waals surface area (Å²) in [7, 11) is 13.3. The number of aliphatic hydroxyl groups is 2. The zero-order chi connectivity index (χ0) is 107. The van der Waals surface area contributed by atoms with Gasteiger partial charge in [-0.3, -0.25) is 68.0 Å². The predicted molar refractivity (Wildman–Crippen MR) is 539 cm³/mol. The van der Waals surface area contributed by atoms with Gasteiger partial charge in [0.25, 0.3) is 11.8 Å². The number of hydrogen-bond acceptors (Lipinski definition) is 34. The molecule has 11 aromatic carbocycles. The zero-order valence-corrected chi connectivity index (χ0v) is 83.5. The first kappa shape index (κ1) is 110. The van der Waals surface area contributed by atoms with Gasteiger partial charge >= 0.3 is 31.4 Å². The molecule has 3 aliphatic rings. The molecule has 42 nitrogen and oxygen atoms in total. The van der Waals surface area contributed by atoms with Crippen molar-refractivity contribution < 1.29 is 113 Å². The van der Waals surface area contributed by atoms with Crippen molar-refractivity contribution in [1.29, 1.82) is 0 Å². The van der Waals surface area contributed by atoms with E-state index >= 15 is 0 Å². The van der Waals surface area contributed by atoms with Crippen LogP contribution in [0.25, 0.3) is 79.0 Å². The number of piperidine rings is 2. The molecular formula is C103H104ClCrN21O21. The number of ketones is 4. The van der Waals surface area contributed by atoms with Gasteiger partial charge in [0.2, 0.25) is 23.6 Å². The van der Waals surface area contributed by atoms with Gasteiger partial charge in [0, 0.05) is 88.3 Å². The number of hydrogen-bond donors (Lipinski definition) is 9. The number of likely N-dealkylation sites (tertiary alicyclic amines) is 2. The number of fused-ring (bicyclic) bond motifs is 4. The number of amides is 8. The monoisotopic (exact) mass is 2060 g/mol. The number of halogens is 1. The molecule has 3 saturated heterocycles. The van der Waals surface area contributed by atoms with E-state index in [0.29, 0.717) is 89.2 Å². The Hall–Kier alpha value is -17.5. The predicted octanol–water partition coefficient (Wildman–Crippen LogP) is 10.2. The number of Topliss-reactive ketones (excluding diaryl/α,β-unsaturated/α-hetero) is 4. The number of phenolic OH excluding ortho intramolecular Hbond substituents is 4. The number of urea groups is 1. The molecule has 0 spiro atoms. The average molecular weight is 2060 g/mol. The van der Waals surface area contributed by atoms with Crippen molar-refractivity contribution in [2.24, 2.45) is 11.5 Å². The Morgan fingerprint density at radius 3 is 0.932 bits per heavy atom. The van der Waals surface area contributed by atoms with Gasteiger partial charge in [-0.05, 0) is 195 Å². The number of anilines is 3. The van der Waals surface area contributed by atoms with Crippen LogP contribution in [-0.4, -0.2) is 239 Å². The SMILES string of the molecule is CN(C)c1ccc(C=C(C(=O)CO)C(=O)CO)cc1.COc1ccc(N(C)C)cc1.Cc1cc(CCl)c(O)c(-n2nc3ccccc3n2)c1.Cc1cc(CN2C(=O)CC(=O)CC2=O)c(O)c(-n2nc3ccccc3n2)c1.Cc1cc(CN2C(=O)CC(=O)CC2=O)c(O)c(-n2nc3ccccc3n2)c1.Cc1cc(CN2C(=O)NC(=O)/C(=C\c3ccc(N(C)C)cc3)C2=O)c(O)c(-n2nc3ccccc3n2)c1.NCN.[O]=[Cr](=[O])=[O]. The number of ether oxygens (including phenoxy) is 1. The fourth-order valence-corrected chi connectivity index (χ4v) is 15.1. The van der Waals surface area contributed by atoms with Gasteiger partial charge in [0.15, 0.2) is 23.1 Å². The van der Waals surface area contributed by atoms with Crippen LogP contribution in [0.15, 0.2) is 230 Å². The summed E-state index contributed by atoms with van der Waals surface area (Å²) in [5.41, 5.74) is 25.6. The molecule has 7 heterocycles.